The normalized spacial score (nSPS) is 18.9. The van der Waals surface area contributed by atoms with Crippen LogP contribution in [0.2, 0.25) is 0 Å². The van der Waals surface area contributed by atoms with Gasteiger partial charge in [-0.25, -0.2) is 0 Å². The smallest absolute Gasteiger partial charge is 0.234 e. The minimum absolute atomic E-state index is 0.0597. The van der Waals surface area contributed by atoms with E-state index in [-0.39, 0.29) is 5.91 Å². The van der Waals surface area contributed by atoms with Crippen LogP contribution in [0.5, 0.6) is 0 Å². The molecule has 1 aromatic rings. The number of thiocarbonyl (C=S) groups is 1. The van der Waals surface area contributed by atoms with Crippen LogP contribution in [0.1, 0.15) is 0 Å². The number of hydrogen-bond donors (Lipinski definition) is 1. The fourth-order valence-electron chi connectivity index (χ4n) is 1.45. The first-order valence-corrected chi connectivity index (χ1v) is 8.93. The molecule has 0 aliphatic carbocycles. The van der Waals surface area contributed by atoms with Gasteiger partial charge in [-0.3, -0.25) is 4.79 Å². The number of rotatable bonds is 5. The number of carbonyl (C=O) groups is 1. The monoisotopic (exact) mass is 315 g/mol. The molecule has 1 unspecified atom stereocenters. The molecular formula is C12H13NOS4. The quantitative estimate of drug-likeness (QED) is 0.840. The maximum atomic E-state index is 11.7. The van der Waals surface area contributed by atoms with Gasteiger partial charge in [0.2, 0.25) is 5.91 Å². The van der Waals surface area contributed by atoms with Crippen molar-refractivity contribution >= 4 is 62.6 Å². The minimum atomic E-state index is 0.0597. The molecule has 1 aromatic carbocycles. The average molecular weight is 316 g/mol. The third-order valence-corrected chi connectivity index (χ3v) is 6.72. The molecule has 1 saturated heterocycles. The molecule has 1 fully saturated rings. The molecule has 1 N–H and O–H groups in total. The fraction of sp³-hybridized carbons (Fsp3) is 0.333. The lowest BCUT2D eigenvalue weighted by atomic mass is 10.3. The van der Waals surface area contributed by atoms with Crippen molar-refractivity contribution in [3.05, 3.63) is 30.3 Å². The standard InChI is InChI=1S/C12H13NOS4/c14-11(13-9-4-2-1-3-5-9)8-16-6-10-7-17-12(15)18-10/h1-5,10H,6-8H2,(H,13,14). The van der Waals surface area contributed by atoms with Crippen molar-refractivity contribution in [2.75, 3.05) is 22.6 Å². The van der Waals surface area contributed by atoms with Crippen LogP contribution in [0.15, 0.2) is 30.3 Å². The predicted molar refractivity (Wildman–Crippen MR) is 88.8 cm³/mol. The molecule has 1 aliphatic heterocycles. The lowest BCUT2D eigenvalue weighted by Crippen LogP contribution is -2.16. The second-order valence-electron chi connectivity index (χ2n) is 3.73. The van der Waals surface area contributed by atoms with E-state index >= 15 is 0 Å². The Morgan fingerprint density at radius 1 is 1.44 bits per heavy atom. The van der Waals surface area contributed by atoms with Crippen molar-refractivity contribution in [1.82, 2.24) is 0 Å². The summed E-state index contributed by atoms with van der Waals surface area (Å²) in [5.41, 5.74) is 0.857. The van der Waals surface area contributed by atoms with Crippen LogP contribution in [0.4, 0.5) is 5.69 Å². The number of benzene rings is 1. The largest absolute Gasteiger partial charge is 0.325 e. The zero-order chi connectivity index (χ0) is 12.8. The first-order valence-electron chi connectivity index (χ1n) is 5.50. The molecule has 1 aliphatic rings. The zero-order valence-corrected chi connectivity index (χ0v) is 12.9. The van der Waals surface area contributed by atoms with Gasteiger partial charge in [0.05, 0.1) is 5.75 Å². The Labute approximate surface area is 125 Å². The van der Waals surface area contributed by atoms with E-state index in [2.05, 4.69) is 5.32 Å². The molecule has 1 heterocycles. The Morgan fingerprint density at radius 2 is 2.22 bits per heavy atom. The van der Waals surface area contributed by atoms with E-state index in [9.17, 15) is 4.79 Å². The highest BCUT2D eigenvalue weighted by atomic mass is 32.2. The van der Waals surface area contributed by atoms with Gasteiger partial charge in [-0.15, -0.1) is 23.5 Å². The van der Waals surface area contributed by atoms with Crippen LogP contribution in [0.25, 0.3) is 0 Å². The van der Waals surface area contributed by atoms with Crippen LogP contribution in [-0.4, -0.2) is 31.9 Å². The molecule has 0 saturated carbocycles. The molecule has 0 aromatic heterocycles. The van der Waals surface area contributed by atoms with Gasteiger partial charge in [-0.1, -0.05) is 30.4 Å². The molecular weight excluding hydrogens is 302 g/mol. The molecule has 0 bridgehead atoms. The van der Waals surface area contributed by atoms with E-state index in [1.807, 2.05) is 30.3 Å². The van der Waals surface area contributed by atoms with E-state index in [4.69, 9.17) is 12.2 Å². The molecule has 2 rings (SSSR count). The number of hydrogen-bond acceptors (Lipinski definition) is 5. The molecule has 1 amide bonds. The first kappa shape index (κ1) is 14.2. The van der Waals surface area contributed by atoms with Crippen molar-refractivity contribution < 1.29 is 4.79 Å². The van der Waals surface area contributed by atoms with Crippen LogP contribution in [-0.2, 0) is 4.79 Å². The molecule has 0 radical (unpaired) electrons. The predicted octanol–water partition coefficient (Wildman–Crippen LogP) is 3.49. The number of anilines is 1. The van der Waals surface area contributed by atoms with Gasteiger partial charge >= 0.3 is 0 Å². The molecule has 96 valence electrons. The van der Waals surface area contributed by atoms with E-state index < -0.39 is 0 Å². The third kappa shape index (κ3) is 4.84. The summed E-state index contributed by atoms with van der Waals surface area (Å²) < 4.78 is 1.04. The summed E-state index contributed by atoms with van der Waals surface area (Å²) in [6, 6.07) is 9.55. The van der Waals surface area contributed by atoms with Gasteiger partial charge in [0.15, 0.2) is 0 Å². The van der Waals surface area contributed by atoms with Crippen LogP contribution >= 0.6 is 47.5 Å². The van der Waals surface area contributed by atoms with Crippen LogP contribution in [0, 0.1) is 0 Å². The molecule has 2 nitrogen and oxygen atoms in total. The average Bonchev–Trinajstić information content (AvgIpc) is 2.76. The summed E-state index contributed by atoms with van der Waals surface area (Å²) in [6.07, 6.45) is 0. The van der Waals surface area contributed by atoms with E-state index in [1.54, 1.807) is 35.3 Å². The van der Waals surface area contributed by atoms with Crippen LogP contribution < -0.4 is 5.32 Å². The van der Waals surface area contributed by atoms with Crippen molar-refractivity contribution in [1.29, 1.82) is 0 Å². The van der Waals surface area contributed by atoms with E-state index in [0.717, 1.165) is 20.7 Å². The van der Waals surface area contributed by atoms with Crippen molar-refractivity contribution in [2.24, 2.45) is 0 Å². The SMILES string of the molecule is O=C(CSCC1CSC(=S)S1)Nc1ccccc1. The topological polar surface area (TPSA) is 29.1 Å². The van der Waals surface area contributed by atoms with Gasteiger partial charge < -0.3 is 5.32 Å². The van der Waals surface area contributed by atoms with E-state index in [1.165, 1.54) is 0 Å². The van der Waals surface area contributed by atoms with Gasteiger partial charge in [0.1, 0.15) is 3.53 Å². The highest BCUT2D eigenvalue weighted by Crippen LogP contribution is 2.34. The molecule has 1 atom stereocenters. The van der Waals surface area contributed by atoms with Gasteiger partial charge in [-0.2, -0.15) is 11.8 Å². The summed E-state index contributed by atoms with van der Waals surface area (Å²) in [6.45, 7) is 0. The lowest BCUT2D eigenvalue weighted by Gasteiger charge is -2.07. The van der Waals surface area contributed by atoms with E-state index in [0.29, 0.717) is 11.0 Å². The molecule has 6 heteroatoms. The van der Waals surface area contributed by atoms with Crippen molar-refractivity contribution in [2.45, 2.75) is 5.25 Å². The Morgan fingerprint density at radius 3 is 2.89 bits per heavy atom. The summed E-state index contributed by atoms with van der Waals surface area (Å²) in [4.78, 5) is 11.7. The minimum Gasteiger partial charge on any atom is -0.325 e. The Bertz CT molecular complexity index is 423. The highest BCUT2D eigenvalue weighted by molar-refractivity contribution is 8.49. The number of para-hydroxylation sites is 1. The summed E-state index contributed by atoms with van der Waals surface area (Å²) in [5, 5.41) is 3.45. The second-order valence-corrected chi connectivity index (χ2v) is 8.28. The highest BCUT2D eigenvalue weighted by Gasteiger charge is 2.20. The van der Waals surface area contributed by atoms with Gasteiger partial charge in [0, 0.05) is 22.4 Å². The summed E-state index contributed by atoms with van der Waals surface area (Å²) in [5.74, 6) is 2.63. The Balaban J connectivity index is 1.65. The summed E-state index contributed by atoms with van der Waals surface area (Å²) in [7, 11) is 0. The van der Waals surface area contributed by atoms with Gasteiger partial charge in [0.25, 0.3) is 0 Å². The maximum absolute atomic E-state index is 11.7. The Kier molecular flexibility index (Phi) is 5.88. The summed E-state index contributed by atoms with van der Waals surface area (Å²) >= 11 is 10.3. The number of amides is 1. The third-order valence-electron chi connectivity index (χ3n) is 2.24. The first-order chi connectivity index (χ1) is 8.74. The van der Waals surface area contributed by atoms with Crippen LogP contribution in [0.3, 0.4) is 0 Å². The van der Waals surface area contributed by atoms with Crippen molar-refractivity contribution in [3.8, 4) is 0 Å². The van der Waals surface area contributed by atoms with Crippen molar-refractivity contribution in [3.63, 3.8) is 0 Å². The number of thioether (sulfide) groups is 3. The molecule has 18 heavy (non-hydrogen) atoms. The number of nitrogens with one attached hydrogen (secondary N) is 1. The van der Waals surface area contributed by atoms with Gasteiger partial charge in [-0.05, 0) is 12.1 Å². The second kappa shape index (κ2) is 7.43. The fourth-order valence-corrected chi connectivity index (χ4v) is 5.60. The Hall–Kier alpha value is -0.170. The molecule has 0 spiro atoms. The maximum Gasteiger partial charge on any atom is 0.234 e. The number of carbonyl (C=O) groups excluding carboxylic acids is 1. The zero-order valence-electron chi connectivity index (χ0n) is 9.63. The lowest BCUT2D eigenvalue weighted by molar-refractivity contribution is -0.113.